The second-order valence-corrected chi connectivity index (χ2v) is 8.68. The van der Waals surface area contributed by atoms with Crippen molar-refractivity contribution in [3.63, 3.8) is 0 Å². The molecule has 7 nitrogen and oxygen atoms in total. The van der Waals surface area contributed by atoms with Crippen molar-refractivity contribution in [2.75, 3.05) is 10.0 Å². The lowest BCUT2D eigenvalue weighted by atomic mass is 10.3. The predicted octanol–water partition coefficient (Wildman–Crippen LogP) is 4.32. The van der Waals surface area contributed by atoms with E-state index in [1.54, 1.807) is 10.1 Å². The molecule has 0 amide bonds. The van der Waals surface area contributed by atoms with E-state index in [0.717, 1.165) is 28.8 Å². The Morgan fingerprint density at radius 2 is 1.90 bits per heavy atom. The molecule has 0 fully saturated rings. The zero-order valence-electron chi connectivity index (χ0n) is 15.2. The summed E-state index contributed by atoms with van der Waals surface area (Å²) >= 11 is 1.11. The molecule has 0 aliphatic heterocycles. The number of aromatic nitrogens is 3. The summed E-state index contributed by atoms with van der Waals surface area (Å²) < 4.78 is 43.4. The van der Waals surface area contributed by atoms with Crippen molar-refractivity contribution in [2.45, 2.75) is 11.8 Å². The van der Waals surface area contributed by atoms with Gasteiger partial charge in [-0.25, -0.2) is 22.5 Å². The van der Waals surface area contributed by atoms with Crippen molar-refractivity contribution in [1.29, 1.82) is 0 Å². The summed E-state index contributed by atoms with van der Waals surface area (Å²) in [6.45, 7) is 1.85. The van der Waals surface area contributed by atoms with Gasteiger partial charge in [0.2, 0.25) is 0 Å². The van der Waals surface area contributed by atoms with E-state index in [0.29, 0.717) is 11.5 Å². The zero-order chi connectivity index (χ0) is 20.4. The molecule has 29 heavy (non-hydrogen) atoms. The van der Waals surface area contributed by atoms with Gasteiger partial charge in [0, 0.05) is 23.3 Å². The number of hydrogen-bond donors (Lipinski definition) is 2. The molecule has 148 valence electrons. The maximum atomic E-state index is 14.6. The Bertz CT molecular complexity index is 1240. The number of aryl methyl sites for hydroxylation is 1. The Morgan fingerprint density at radius 3 is 2.59 bits per heavy atom. The summed E-state index contributed by atoms with van der Waals surface area (Å²) in [5.74, 6) is -0.244. The first-order valence-electron chi connectivity index (χ1n) is 8.53. The van der Waals surface area contributed by atoms with Gasteiger partial charge < -0.3 is 5.32 Å². The molecule has 0 saturated heterocycles. The van der Waals surface area contributed by atoms with E-state index in [-0.39, 0.29) is 5.13 Å². The molecule has 0 radical (unpaired) electrons. The first kappa shape index (κ1) is 19.1. The topological polar surface area (TPSA) is 88.9 Å². The molecule has 2 heterocycles. The minimum absolute atomic E-state index is 0.175. The molecule has 0 bridgehead atoms. The van der Waals surface area contributed by atoms with Gasteiger partial charge in [-0.2, -0.15) is 5.10 Å². The van der Waals surface area contributed by atoms with Crippen molar-refractivity contribution in [3.05, 3.63) is 77.7 Å². The maximum absolute atomic E-state index is 14.6. The zero-order valence-corrected chi connectivity index (χ0v) is 16.8. The Morgan fingerprint density at radius 1 is 1.10 bits per heavy atom. The highest BCUT2D eigenvalue weighted by atomic mass is 32.2. The third kappa shape index (κ3) is 4.13. The van der Waals surface area contributed by atoms with Crippen LogP contribution < -0.4 is 10.0 Å². The number of hydrogen-bond acceptors (Lipinski definition) is 6. The van der Waals surface area contributed by atoms with Gasteiger partial charge in [0.1, 0.15) is 16.5 Å². The van der Waals surface area contributed by atoms with Crippen LogP contribution in [0.4, 0.5) is 21.0 Å². The average molecular weight is 430 g/mol. The van der Waals surface area contributed by atoms with Gasteiger partial charge in [-0.15, -0.1) is 11.3 Å². The molecule has 0 aliphatic carbocycles. The monoisotopic (exact) mass is 429 g/mol. The van der Waals surface area contributed by atoms with E-state index in [1.807, 2.05) is 43.3 Å². The van der Waals surface area contributed by atoms with Crippen LogP contribution in [-0.4, -0.2) is 23.2 Å². The lowest BCUT2D eigenvalue weighted by molar-refractivity contribution is 0.570. The van der Waals surface area contributed by atoms with Crippen LogP contribution in [0, 0.1) is 12.7 Å². The van der Waals surface area contributed by atoms with Crippen LogP contribution in [-0.2, 0) is 10.0 Å². The molecule has 0 atom stereocenters. The van der Waals surface area contributed by atoms with Crippen LogP contribution in [0.2, 0.25) is 0 Å². The van der Waals surface area contributed by atoms with Crippen molar-refractivity contribution < 1.29 is 12.8 Å². The Hall–Kier alpha value is -3.24. The summed E-state index contributed by atoms with van der Waals surface area (Å²) in [6.07, 6.45) is 1.46. The van der Waals surface area contributed by atoms with Gasteiger partial charge in [-0.1, -0.05) is 18.2 Å². The Kier molecular flexibility index (Phi) is 5.03. The summed E-state index contributed by atoms with van der Waals surface area (Å²) in [7, 11) is -4.07. The van der Waals surface area contributed by atoms with Gasteiger partial charge in [0.05, 0.1) is 11.4 Å². The van der Waals surface area contributed by atoms with E-state index in [2.05, 4.69) is 20.1 Å². The van der Waals surface area contributed by atoms with Crippen molar-refractivity contribution in [2.24, 2.45) is 0 Å². The van der Waals surface area contributed by atoms with Gasteiger partial charge in [0.15, 0.2) is 5.13 Å². The lowest BCUT2D eigenvalue weighted by Gasteiger charge is -2.11. The van der Waals surface area contributed by atoms with E-state index < -0.39 is 20.7 Å². The predicted molar refractivity (Wildman–Crippen MR) is 111 cm³/mol. The number of sulfonamides is 1. The number of anilines is 3. The quantitative estimate of drug-likeness (QED) is 0.476. The SMILES string of the molecule is Cc1cc(Nc2ccc(S(=O)(=O)Nc3nccs3)c(F)c2)n(-c2ccccc2)n1. The number of rotatable bonds is 6. The highest BCUT2D eigenvalue weighted by Gasteiger charge is 2.21. The van der Waals surface area contributed by atoms with Crippen molar-refractivity contribution in [3.8, 4) is 5.69 Å². The second-order valence-electron chi connectivity index (χ2n) is 6.13. The molecule has 0 saturated carbocycles. The van der Waals surface area contributed by atoms with Crippen molar-refractivity contribution >= 4 is 38.0 Å². The van der Waals surface area contributed by atoms with E-state index in [9.17, 15) is 12.8 Å². The number of benzene rings is 2. The highest BCUT2D eigenvalue weighted by Crippen LogP contribution is 2.26. The van der Waals surface area contributed by atoms with E-state index in [1.165, 1.54) is 18.3 Å². The molecular weight excluding hydrogens is 413 g/mol. The Labute approximate surface area is 170 Å². The molecule has 4 aromatic rings. The average Bonchev–Trinajstić information content (AvgIpc) is 3.31. The van der Waals surface area contributed by atoms with Crippen LogP contribution in [0.5, 0.6) is 0 Å². The molecule has 0 unspecified atom stereocenters. The first-order valence-corrected chi connectivity index (χ1v) is 10.9. The first-order chi connectivity index (χ1) is 13.9. The summed E-state index contributed by atoms with van der Waals surface area (Å²) in [4.78, 5) is 3.40. The van der Waals surface area contributed by atoms with Gasteiger partial charge >= 0.3 is 0 Å². The minimum Gasteiger partial charge on any atom is -0.340 e. The van der Waals surface area contributed by atoms with Gasteiger partial charge in [-0.05, 0) is 37.3 Å². The van der Waals surface area contributed by atoms with Crippen LogP contribution in [0.15, 0.2) is 71.1 Å². The number of halogens is 1. The van der Waals surface area contributed by atoms with Crippen LogP contribution in [0.3, 0.4) is 0 Å². The standard InChI is InChI=1S/C19H16FN5O2S2/c1-13-11-18(25(23-13)15-5-3-2-4-6-15)22-14-7-8-17(16(20)12-14)29(26,27)24-19-21-9-10-28-19/h2-12,22H,1H3,(H,21,24). The Balaban J connectivity index is 1.61. The molecule has 0 spiro atoms. The van der Waals surface area contributed by atoms with Crippen LogP contribution >= 0.6 is 11.3 Å². The summed E-state index contributed by atoms with van der Waals surface area (Å²) in [6, 6.07) is 15.2. The van der Waals surface area contributed by atoms with Gasteiger partial charge in [0.25, 0.3) is 10.0 Å². The fraction of sp³-hybridized carbons (Fsp3) is 0.0526. The number of nitrogens with zero attached hydrogens (tertiary/aromatic N) is 3. The van der Waals surface area contributed by atoms with E-state index >= 15 is 0 Å². The van der Waals surface area contributed by atoms with Crippen LogP contribution in [0.25, 0.3) is 5.69 Å². The summed E-state index contributed by atoms with van der Waals surface area (Å²) in [5, 5.41) is 9.34. The molecule has 2 aromatic heterocycles. The smallest absolute Gasteiger partial charge is 0.266 e. The van der Waals surface area contributed by atoms with Crippen LogP contribution in [0.1, 0.15) is 5.69 Å². The van der Waals surface area contributed by atoms with E-state index in [4.69, 9.17) is 0 Å². The molecule has 0 aliphatic rings. The second kappa shape index (κ2) is 7.64. The molecule has 2 aromatic carbocycles. The normalized spacial score (nSPS) is 11.4. The summed E-state index contributed by atoms with van der Waals surface area (Å²) in [5.41, 5.74) is 2.02. The highest BCUT2D eigenvalue weighted by molar-refractivity contribution is 7.93. The molecule has 4 rings (SSSR count). The molecule has 10 heteroatoms. The maximum Gasteiger partial charge on any atom is 0.266 e. The van der Waals surface area contributed by atoms with Crippen molar-refractivity contribution in [1.82, 2.24) is 14.8 Å². The fourth-order valence-electron chi connectivity index (χ4n) is 2.74. The minimum atomic E-state index is -4.07. The third-order valence-electron chi connectivity index (χ3n) is 3.98. The number of para-hydroxylation sites is 1. The van der Waals surface area contributed by atoms with Gasteiger partial charge in [-0.3, -0.25) is 4.72 Å². The number of thiazole rings is 1. The molecular formula is C19H16FN5O2S2. The largest absolute Gasteiger partial charge is 0.340 e. The fourth-order valence-corrected chi connectivity index (χ4v) is 4.59. The lowest BCUT2D eigenvalue weighted by Crippen LogP contribution is -2.14. The molecule has 2 N–H and O–H groups in total. The third-order valence-corrected chi connectivity index (χ3v) is 6.17. The number of nitrogens with one attached hydrogen (secondary N) is 2.